The minimum atomic E-state index is -0.130. The largest absolute Gasteiger partial charge is 0.378 e. The van der Waals surface area contributed by atoms with Gasteiger partial charge in [0, 0.05) is 6.20 Å². The summed E-state index contributed by atoms with van der Waals surface area (Å²) in [5.74, 6) is 0.269. The Balaban J connectivity index is 1.68. The number of pyridine rings is 1. The van der Waals surface area contributed by atoms with Crippen molar-refractivity contribution >= 4 is 23.3 Å². The van der Waals surface area contributed by atoms with Crippen molar-refractivity contribution in [1.29, 1.82) is 0 Å². The third-order valence-electron chi connectivity index (χ3n) is 2.99. The smallest absolute Gasteiger partial charge is 0.227 e. The summed E-state index contributed by atoms with van der Waals surface area (Å²) >= 11 is 5.91. The molecule has 1 aliphatic rings. The molecular weight excluding hydrogens is 266 g/mol. The molecule has 0 spiro atoms. The molecule has 0 unspecified atom stereocenters. The fourth-order valence-corrected chi connectivity index (χ4v) is 2.12. The van der Waals surface area contributed by atoms with Gasteiger partial charge in [0.05, 0.1) is 24.2 Å². The molecule has 0 saturated carbocycles. The summed E-state index contributed by atoms with van der Waals surface area (Å²) in [6, 6.07) is 3.41. The molecule has 1 amide bonds. The van der Waals surface area contributed by atoms with Crippen molar-refractivity contribution in [3.63, 3.8) is 0 Å². The molecule has 2 rings (SSSR count). The number of ether oxygens (including phenoxy) is 1. The number of carbonyl (C=O) groups is 1. The fourth-order valence-electron chi connectivity index (χ4n) is 1.95. The number of amides is 1. The Morgan fingerprint density at radius 3 is 3.05 bits per heavy atom. The van der Waals surface area contributed by atoms with Crippen molar-refractivity contribution in [2.24, 2.45) is 0 Å². The zero-order valence-corrected chi connectivity index (χ0v) is 11.4. The number of hydrogen-bond acceptors (Lipinski definition) is 4. The maximum Gasteiger partial charge on any atom is 0.227 e. The lowest BCUT2D eigenvalue weighted by Crippen LogP contribution is -2.33. The topological polar surface area (TPSA) is 63.2 Å². The monoisotopic (exact) mass is 283 g/mol. The number of aromatic nitrogens is 1. The molecule has 1 saturated heterocycles. The molecule has 6 heteroatoms. The lowest BCUT2D eigenvalue weighted by atomic mass is 10.1. The Morgan fingerprint density at radius 1 is 1.53 bits per heavy atom. The van der Waals surface area contributed by atoms with Gasteiger partial charge in [-0.15, -0.1) is 0 Å². The quantitative estimate of drug-likeness (QED) is 0.865. The Labute approximate surface area is 117 Å². The number of halogens is 1. The molecule has 1 aromatic rings. The highest BCUT2D eigenvalue weighted by atomic mass is 35.5. The molecule has 0 bridgehead atoms. The molecule has 1 fully saturated rings. The van der Waals surface area contributed by atoms with Gasteiger partial charge in [0.25, 0.3) is 0 Å². The van der Waals surface area contributed by atoms with Crippen LogP contribution in [0.4, 0.5) is 5.82 Å². The molecule has 2 N–H and O–H groups in total. The number of nitrogens with one attached hydrogen (secondary N) is 2. The third-order valence-corrected chi connectivity index (χ3v) is 3.29. The van der Waals surface area contributed by atoms with E-state index in [9.17, 15) is 4.79 Å². The van der Waals surface area contributed by atoms with Crippen LogP contribution >= 0.6 is 11.6 Å². The van der Waals surface area contributed by atoms with Crippen LogP contribution in [0.3, 0.4) is 0 Å². The molecule has 19 heavy (non-hydrogen) atoms. The number of piperidine rings is 1. The highest BCUT2D eigenvalue weighted by Gasteiger charge is 2.14. The van der Waals surface area contributed by atoms with Gasteiger partial charge in [-0.25, -0.2) is 4.98 Å². The number of rotatable bonds is 5. The number of hydrogen-bond donors (Lipinski definition) is 2. The summed E-state index contributed by atoms with van der Waals surface area (Å²) in [5, 5.41) is 6.38. The minimum absolute atomic E-state index is 0.130. The summed E-state index contributed by atoms with van der Waals surface area (Å²) in [4.78, 5) is 15.7. The first-order valence-electron chi connectivity index (χ1n) is 6.48. The van der Waals surface area contributed by atoms with Crippen LogP contribution in [0.15, 0.2) is 18.3 Å². The summed E-state index contributed by atoms with van der Waals surface area (Å²) in [7, 11) is 0. The van der Waals surface area contributed by atoms with Gasteiger partial charge in [-0.05, 0) is 38.1 Å². The van der Waals surface area contributed by atoms with Crippen LogP contribution in [0.1, 0.15) is 19.3 Å². The van der Waals surface area contributed by atoms with Crippen LogP contribution in [0, 0.1) is 0 Å². The summed E-state index contributed by atoms with van der Waals surface area (Å²) < 4.78 is 5.67. The van der Waals surface area contributed by atoms with Gasteiger partial charge in [-0.3, -0.25) is 4.79 Å². The van der Waals surface area contributed by atoms with E-state index in [1.54, 1.807) is 18.3 Å². The molecule has 5 nitrogen and oxygen atoms in total. The van der Waals surface area contributed by atoms with Crippen molar-refractivity contribution in [2.75, 3.05) is 25.0 Å². The van der Waals surface area contributed by atoms with Crippen molar-refractivity contribution < 1.29 is 9.53 Å². The number of carbonyl (C=O) groups excluding carboxylic acids is 1. The van der Waals surface area contributed by atoms with E-state index in [2.05, 4.69) is 15.6 Å². The van der Waals surface area contributed by atoms with Gasteiger partial charge >= 0.3 is 0 Å². The first kappa shape index (κ1) is 14.2. The van der Waals surface area contributed by atoms with Crippen molar-refractivity contribution in [3.05, 3.63) is 23.4 Å². The maximum atomic E-state index is 11.7. The zero-order valence-electron chi connectivity index (χ0n) is 10.7. The molecule has 0 atom stereocenters. The zero-order chi connectivity index (χ0) is 13.5. The third kappa shape index (κ3) is 4.78. The molecule has 1 aliphatic heterocycles. The van der Waals surface area contributed by atoms with E-state index >= 15 is 0 Å². The Hall–Kier alpha value is -1.17. The van der Waals surface area contributed by atoms with Gasteiger partial charge in [0.15, 0.2) is 5.82 Å². The lowest BCUT2D eigenvalue weighted by Gasteiger charge is -2.22. The molecule has 2 heterocycles. The molecule has 104 valence electrons. The Morgan fingerprint density at radius 2 is 2.32 bits per heavy atom. The predicted octanol–water partition coefficient (Wildman–Crippen LogP) is 1.83. The van der Waals surface area contributed by atoms with E-state index < -0.39 is 0 Å². The predicted molar refractivity (Wildman–Crippen MR) is 74.3 cm³/mol. The Bertz CT molecular complexity index is 422. The van der Waals surface area contributed by atoms with Crippen LogP contribution in [0.25, 0.3) is 0 Å². The van der Waals surface area contributed by atoms with Crippen molar-refractivity contribution in [1.82, 2.24) is 10.3 Å². The fraction of sp³-hybridized carbons (Fsp3) is 0.538. The van der Waals surface area contributed by atoms with Gasteiger partial charge < -0.3 is 15.4 Å². The normalized spacial score (nSPS) is 16.3. The van der Waals surface area contributed by atoms with Crippen LogP contribution < -0.4 is 10.6 Å². The van der Waals surface area contributed by atoms with E-state index in [-0.39, 0.29) is 12.0 Å². The summed E-state index contributed by atoms with van der Waals surface area (Å²) in [6.45, 7) is 2.40. The SMILES string of the molecule is O=C(CCOC1CCNCC1)Nc1ncccc1Cl. The minimum Gasteiger partial charge on any atom is -0.378 e. The van der Waals surface area contributed by atoms with Gasteiger partial charge in [0.1, 0.15) is 0 Å². The van der Waals surface area contributed by atoms with E-state index in [1.807, 2.05) is 0 Å². The first-order chi connectivity index (χ1) is 9.25. The summed E-state index contributed by atoms with van der Waals surface area (Å²) in [5.41, 5.74) is 0. The highest BCUT2D eigenvalue weighted by molar-refractivity contribution is 6.33. The van der Waals surface area contributed by atoms with Crippen LogP contribution in [0.2, 0.25) is 5.02 Å². The molecule has 0 aromatic carbocycles. The number of anilines is 1. The van der Waals surface area contributed by atoms with Crippen LogP contribution in [0.5, 0.6) is 0 Å². The second kappa shape index (κ2) is 7.43. The van der Waals surface area contributed by atoms with E-state index in [4.69, 9.17) is 16.3 Å². The van der Waals surface area contributed by atoms with Gasteiger partial charge in [-0.2, -0.15) is 0 Å². The van der Waals surface area contributed by atoms with Crippen molar-refractivity contribution in [3.8, 4) is 0 Å². The van der Waals surface area contributed by atoms with Crippen molar-refractivity contribution in [2.45, 2.75) is 25.4 Å². The molecular formula is C13H18ClN3O2. The van der Waals surface area contributed by atoms with E-state index in [0.717, 1.165) is 25.9 Å². The standard InChI is InChI=1S/C13H18ClN3O2/c14-11-2-1-6-16-13(11)17-12(18)5-9-19-10-3-7-15-8-4-10/h1-2,6,10,15H,3-5,7-9H2,(H,16,17,18). The Kier molecular flexibility index (Phi) is 5.57. The van der Waals surface area contributed by atoms with Gasteiger partial charge in [0.2, 0.25) is 5.91 Å². The summed E-state index contributed by atoms with van der Waals surface area (Å²) in [6.07, 6.45) is 4.19. The molecule has 0 aliphatic carbocycles. The number of nitrogens with zero attached hydrogens (tertiary/aromatic N) is 1. The lowest BCUT2D eigenvalue weighted by molar-refractivity contribution is -0.117. The van der Waals surface area contributed by atoms with Crippen LogP contribution in [-0.4, -0.2) is 36.7 Å². The highest BCUT2D eigenvalue weighted by Crippen LogP contribution is 2.17. The van der Waals surface area contributed by atoms with E-state index in [1.165, 1.54) is 0 Å². The first-order valence-corrected chi connectivity index (χ1v) is 6.86. The van der Waals surface area contributed by atoms with E-state index in [0.29, 0.717) is 23.9 Å². The van der Waals surface area contributed by atoms with Crippen LogP contribution in [-0.2, 0) is 9.53 Å². The maximum absolute atomic E-state index is 11.7. The second-order valence-corrected chi connectivity index (χ2v) is 4.86. The average molecular weight is 284 g/mol. The second-order valence-electron chi connectivity index (χ2n) is 4.45. The molecule has 0 radical (unpaired) electrons. The molecule has 1 aromatic heterocycles. The average Bonchev–Trinajstić information content (AvgIpc) is 2.43. The van der Waals surface area contributed by atoms with Gasteiger partial charge in [-0.1, -0.05) is 11.6 Å².